The second kappa shape index (κ2) is 6.75. The normalized spacial score (nSPS) is 11.7. The van der Waals surface area contributed by atoms with E-state index in [1.54, 1.807) is 6.21 Å². The van der Waals surface area contributed by atoms with E-state index in [1.807, 2.05) is 46.8 Å². The molecule has 0 radical (unpaired) electrons. The summed E-state index contributed by atoms with van der Waals surface area (Å²) in [6, 6.07) is 4.05. The number of benzene rings is 1. The Kier molecular flexibility index (Phi) is 5.57. The van der Waals surface area contributed by atoms with Crippen molar-refractivity contribution in [3.05, 3.63) is 28.8 Å². The molecule has 0 spiro atoms. The Morgan fingerprint density at radius 2 is 2.00 bits per heavy atom. The van der Waals surface area contributed by atoms with Crippen LogP contribution in [0, 0.1) is 19.3 Å². The maximum Gasteiger partial charge on any atom is 0.225 e. The van der Waals surface area contributed by atoms with E-state index in [0.29, 0.717) is 6.54 Å². The molecule has 0 fully saturated rings. The molecule has 1 N–H and O–H groups in total. The van der Waals surface area contributed by atoms with Gasteiger partial charge in [-0.05, 0) is 30.5 Å². The molecule has 20 heavy (non-hydrogen) atoms. The first-order chi connectivity index (χ1) is 9.27. The van der Waals surface area contributed by atoms with E-state index in [2.05, 4.69) is 10.3 Å². The smallest absolute Gasteiger partial charge is 0.225 e. The summed E-state index contributed by atoms with van der Waals surface area (Å²) in [5.74, 6) is 0.0430. The summed E-state index contributed by atoms with van der Waals surface area (Å²) < 4.78 is 0. The first kappa shape index (κ1) is 16.5. The van der Waals surface area contributed by atoms with Crippen LogP contribution < -0.4 is 5.32 Å². The van der Waals surface area contributed by atoms with Gasteiger partial charge in [-0.25, -0.2) is 0 Å². The van der Waals surface area contributed by atoms with Crippen molar-refractivity contribution in [1.29, 1.82) is 0 Å². The van der Waals surface area contributed by atoms with Crippen LogP contribution in [-0.4, -0.2) is 17.5 Å². The molecule has 0 bridgehead atoms. The van der Waals surface area contributed by atoms with Crippen molar-refractivity contribution in [2.75, 3.05) is 0 Å². The van der Waals surface area contributed by atoms with Crippen molar-refractivity contribution >= 4 is 35.4 Å². The number of carbonyl (C=O) groups is 1. The van der Waals surface area contributed by atoms with Gasteiger partial charge in [-0.2, -0.15) is 0 Å². The lowest BCUT2D eigenvalue weighted by Gasteiger charge is -2.19. The lowest BCUT2D eigenvalue weighted by molar-refractivity contribution is -0.128. The molecule has 1 rings (SSSR count). The SMILES string of the molecule is Cc1ccc(CNC(=O)C(C)(C)C)c(C)c1N=CC=S. The third-order valence-electron chi connectivity index (χ3n) is 3.13. The van der Waals surface area contributed by atoms with Gasteiger partial charge in [0.05, 0.1) is 5.69 Å². The molecule has 0 atom stereocenters. The average Bonchev–Trinajstić information content (AvgIpc) is 2.36. The lowest BCUT2D eigenvalue weighted by Crippen LogP contribution is -2.34. The molecule has 0 aliphatic rings. The van der Waals surface area contributed by atoms with E-state index in [4.69, 9.17) is 12.2 Å². The molecule has 4 heteroatoms. The van der Waals surface area contributed by atoms with Gasteiger partial charge in [0.2, 0.25) is 5.91 Å². The van der Waals surface area contributed by atoms with Crippen LogP contribution in [0.3, 0.4) is 0 Å². The number of nitrogens with one attached hydrogen (secondary N) is 1. The zero-order chi connectivity index (χ0) is 15.3. The Labute approximate surface area is 126 Å². The summed E-state index contributed by atoms with van der Waals surface area (Å²) in [6.45, 7) is 10.3. The van der Waals surface area contributed by atoms with Gasteiger partial charge in [0.1, 0.15) is 0 Å². The third-order valence-corrected chi connectivity index (χ3v) is 3.25. The number of amides is 1. The fourth-order valence-corrected chi connectivity index (χ4v) is 1.87. The largest absolute Gasteiger partial charge is 0.352 e. The average molecular weight is 290 g/mol. The highest BCUT2D eigenvalue weighted by Crippen LogP contribution is 2.26. The minimum absolute atomic E-state index is 0.0430. The predicted octanol–water partition coefficient (Wildman–Crippen LogP) is 3.67. The van der Waals surface area contributed by atoms with Crippen LogP contribution >= 0.6 is 12.2 Å². The first-order valence-electron chi connectivity index (χ1n) is 6.62. The number of nitrogens with zero attached hydrogens (tertiary/aromatic N) is 1. The third kappa shape index (κ3) is 4.23. The van der Waals surface area contributed by atoms with E-state index in [1.165, 1.54) is 5.37 Å². The number of rotatable bonds is 4. The van der Waals surface area contributed by atoms with Crippen molar-refractivity contribution < 1.29 is 4.79 Å². The van der Waals surface area contributed by atoms with Crippen molar-refractivity contribution in [1.82, 2.24) is 5.32 Å². The van der Waals surface area contributed by atoms with E-state index in [9.17, 15) is 4.79 Å². The van der Waals surface area contributed by atoms with Gasteiger partial charge in [0.25, 0.3) is 0 Å². The minimum Gasteiger partial charge on any atom is -0.352 e. The van der Waals surface area contributed by atoms with Crippen LogP contribution in [0.4, 0.5) is 5.69 Å². The van der Waals surface area contributed by atoms with Crippen LogP contribution in [0.1, 0.15) is 37.5 Å². The van der Waals surface area contributed by atoms with E-state index < -0.39 is 0 Å². The van der Waals surface area contributed by atoms with Crippen molar-refractivity contribution in [3.63, 3.8) is 0 Å². The van der Waals surface area contributed by atoms with Gasteiger partial charge < -0.3 is 5.32 Å². The van der Waals surface area contributed by atoms with Crippen molar-refractivity contribution in [2.24, 2.45) is 10.4 Å². The van der Waals surface area contributed by atoms with Gasteiger partial charge in [-0.3, -0.25) is 9.79 Å². The molecule has 0 aromatic heterocycles. The molecule has 0 heterocycles. The molecule has 0 aliphatic carbocycles. The molecule has 0 saturated carbocycles. The molecular formula is C16H22N2OS. The molecule has 3 nitrogen and oxygen atoms in total. The summed E-state index contributed by atoms with van der Waals surface area (Å²) in [7, 11) is 0. The Balaban J connectivity index is 2.95. The summed E-state index contributed by atoms with van der Waals surface area (Å²) in [6.07, 6.45) is 1.61. The number of aliphatic imine (C=N–C) groups is 1. The highest BCUT2D eigenvalue weighted by Gasteiger charge is 2.20. The molecule has 1 amide bonds. The Bertz CT molecular complexity index is 542. The molecule has 108 valence electrons. The van der Waals surface area contributed by atoms with Crippen LogP contribution in [0.15, 0.2) is 17.1 Å². The summed E-state index contributed by atoms with van der Waals surface area (Å²) in [5.41, 5.74) is 3.80. The molecule has 0 unspecified atom stereocenters. The van der Waals surface area contributed by atoms with Crippen molar-refractivity contribution in [2.45, 2.75) is 41.2 Å². The highest BCUT2D eigenvalue weighted by molar-refractivity contribution is 7.80. The monoisotopic (exact) mass is 290 g/mol. The van der Waals surface area contributed by atoms with Gasteiger partial charge in [0.15, 0.2) is 0 Å². The quantitative estimate of drug-likeness (QED) is 0.679. The standard InChI is InChI=1S/C16H22N2OS/c1-11-6-7-13(10-18-15(19)16(3,4)5)12(2)14(11)17-8-9-20/h6-9H,10H2,1-5H3,(H,18,19). The second-order valence-corrected chi connectivity index (χ2v) is 6.13. The Hall–Kier alpha value is -1.55. The van der Waals surface area contributed by atoms with Crippen LogP contribution in [0.5, 0.6) is 0 Å². The molecular weight excluding hydrogens is 268 g/mol. The topological polar surface area (TPSA) is 41.5 Å². The number of aryl methyl sites for hydroxylation is 1. The summed E-state index contributed by atoms with van der Waals surface area (Å²) in [4.78, 5) is 16.3. The van der Waals surface area contributed by atoms with Crippen LogP contribution in [0.2, 0.25) is 0 Å². The maximum absolute atomic E-state index is 11.9. The molecule has 1 aromatic carbocycles. The molecule has 0 saturated heterocycles. The highest BCUT2D eigenvalue weighted by atomic mass is 32.1. The predicted molar refractivity (Wildman–Crippen MR) is 89.0 cm³/mol. The Morgan fingerprint density at radius 3 is 2.55 bits per heavy atom. The summed E-state index contributed by atoms with van der Waals surface area (Å²) in [5, 5.41) is 4.46. The summed E-state index contributed by atoms with van der Waals surface area (Å²) >= 11 is 4.77. The minimum atomic E-state index is -0.378. The first-order valence-corrected chi connectivity index (χ1v) is 7.09. The van der Waals surface area contributed by atoms with Gasteiger partial charge >= 0.3 is 0 Å². The van der Waals surface area contributed by atoms with Crippen LogP contribution in [-0.2, 0) is 11.3 Å². The second-order valence-electron chi connectivity index (χ2n) is 5.86. The fraction of sp³-hybridized carbons (Fsp3) is 0.438. The Morgan fingerprint density at radius 1 is 1.35 bits per heavy atom. The number of hydrogen-bond acceptors (Lipinski definition) is 3. The maximum atomic E-state index is 11.9. The van der Waals surface area contributed by atoms with Crippen molar-refractivity contribution in [3.8, 4) is 0 Å². The molecule has 0 aliphatic heterocycles. The molecule has 1 aromatic rings. The van der Waals surface area contributed by atoms with Crippen LogP contribution in [0.25, 0.3) is 0 Å². The fourth-order valence-electron chi connectivity index (χ4n) is 1.81. The van der Waals surface area contributed by atoms with Gasteiger partial charge in [-0.1, -0.05) is 45.1 Å². The number of carbonyl (C=O) groups excluding carboxylic acids is 1. The van der Waals surface area contributed by atoms with E-state index >= 15 is 0 Å². The van der Waals surface area contributed by atoms with E-state index in [0.717, 1.165) is 22.4 Å². The van der Waals surface area contributed by atoms with E-state index in [-0.39, 0.29) is 11.3 Å². The number of hydrogen-bond donors (Lipinski definition) is 1. The van der Waals surface area contributed by atoms with Gasteiger partial charge in [0, 0.05) is 23.5 Å². The zero-order valence-corrected chi connectivity index (χ0v) is 13.6. The lowest BCUT2D eigenvalue weighted by atomic mass is 9.95. The van der Waals surface area contributed by atoms with Gasteiger partial charge in [-0.15, -0.1) is 0 Å². The number of thiocarbonyl (C=S) groups is 1. The zero-order valence-electron chi connectivity index (χ0n) is 12.8.